The largest absolute Gasteiger partial charge is 0.389 e. The molecule has 0 bridgehead atoms. The molecule has 1 fully saturated rings. The molecule has 1 aromatic carbocycles. The van der Waals surface area contributed by atoms with Gasteiger partial charge in [-0.2, -0.15) is 0 Å². The summed E-state index contributed by atoms with van der Waals surface area (Å²) < 4.78 is 0. The first-order valence-electron chi connectivity index (χ1n) is 7.84. The fourth-order valence-electron chi connectivity index (χ4n) is 3.10. The van der Waals surface area contributed by atoms with Gasteiger partial charge in [-0.15, -0.1) is 0 Å². The maximum absolute atomic E-state index is 10.7. The molecule has 0 amide bonds. The molecule has 1 aromatic rings. The number of halogens is 1. The van der Waals surface area contributed by atoms with E-state index in [-0.39, 0.29) is 6.04 Å². The lowest BCUT2D eigenvalue weighted by Gasteiger charge is -2.29. The summed E-state index contributed by atoms with van der Waals surface area (Å²) >= 11 is 6.07. The molecule has 20 heavy (non-hydrogen) atoms. The Labute approximate surface area is 127 Å². The smallest absolute Gasteiger partial charge is 0.0771 e. The van der Waals surface area contributed by atoms with Crippen LogP contribution in [0.4, 0.5) is 0 Å². The first-order chi connectivity index (χ1) is 9.63. The third-order valence-corrected chi connectivity index (χ3v) is 4.61. The van der Waals surface area contributed by atoms with E-state index in [2.05, 4.69) is 18.3 Å². The molecule has 0 radical (unpaired) electrons. The van der Waals surface area contributed by atoms with Crippen molar-refractivity contribution < 1.29 is 5.11 Å². The van der Waals surface area contributed by atoms with Gasteiger partial charge in [-0.3, -0.25) is 0 Å². The van der Waals surface area contributed by atoms with E-state index in [0.29, 0.717) is 6.54 Å². The molecule has 0 aromatic heterocycles. The summed E-state index contributed by atoms with van der Waals surface area (Å²) in [5, 5.41) is 15.0. The SMILES string of the molecule is CCC(NCC1(O)CCCCCC1)c1cccc(Cl)c1. The zero-order valence-electron chi connectivity index (χ0n) is 12.4. The highest BCUT2D eigenvalue weighted by Crippen LogP contribution is 2.28. The lowest BCUT2D eigenvalue weighted by atomic mass is 9.93. The van der Waals surface area contributed by atoms with Crippen molar-refractivity contribution in [2.75, 3.05) is 6.54 Å². The van der Waals surface area contributed by atoms with Gasteiger partial charge in [0.2, 0.25) is 0 Å². The summed E-state index contributed by atoms with van der Waals surface area (Å²) in [7, 11) is 0. The van der Waals surface area contributed by atoms with E-state index in [0.717, 1.165) is 37.1 Å². The van der Waals surface area contributed by atoms with Crippen LogP contribution in [0.3, 0.4) is 0 Å². The summed E-state index contributed by atoms with van der Waals surface area (Å²) in [6.07, 6.45) is 7.65. The van der Waals surface area contributed by atoms with Gasteiger partial charge in [0.15, 0.2) is 0 Å². The van der Waals surface area contributed by atoms with Gasteiger partial charge in [0, 0.05) is 17.6 Å². The first kappa shape index (κ1) is 15.8. The van der Waals surface area contributed by atoms with Crippen molar-refractivity contribution in [3.05, 3.63) is 34.9 Å². The summed E-state index contributed by atoms with van der Waals surface area (Å²) in [4.78, 5) is 0. The maximum Gasteiger partial charge on any atom is 0.0771 e. The van der Waals surface area contributed by atoms with Crippen LogP contribution in [0.2, 0.25) is 5.02 Å². The van der Waals surface area contributed by atoms with Crippen molar-refractivity contribution in [1.82, 2.24) is 5.32 Å². The van der Waals surface area contributed by atoms with Gasteiger partial charge < -0.3 is 10.4 Å². The molecule has 1 aliphatic carbocycles. The number of hydrogen-bond acceptors (Lipinski definition) is 2. The Hall–Kier alpha value is -0.570. The first-order valence-corrected chi connectivity index (χ1v) is 8.22. The Morgan fingerprint density at radius 2 is 1.95 bits per heavy atom. The normalized spacial score (nSPS) is 20.4. The highest BCUT2D eigenvalue weighted by atomic mass is 35.5. The molecule has 0 heterocycles. The Balaban J connectivity index is 1.96. The maximum atomic E-state index is 10.7. The van der Waals surface area contributed by atoms with Crippen molar-refractivity contribution in [2.45, 2.75) is 63.5 Å². The standard InChI is InChI=1S/C17H26ClNO/c1-2-16(14-8-7-9-15(18)12-14)19-13-17(20)10-5-3-4-6-11-17/h7-9,12,16,19-20H,2-6,10-11,13H2,1H3. The van der Waals surface area contributed by atoms with Gasteiger partial charge in [0.1, 0.15) is 0 Å². The van der Waals surface area contributed by atoms with Crippen molar-refractivity contribution in [2.24, 2.45) is 0 Å². The molecule has 112 valence electrons. The Morgan fingerprint density at radius 1 is 1.25 bits per heavy atom. The predicted octanol–water partition coefficient (Wildman–Crippen LogP) is 4.47. The van der Waals surface area contributed by atoms with Crippen LogP contribution in [0, 0.1) is 0 Å². The quantitative estimate of drug-likeness (QED) is 0.786. The predicted molar refractivity (Wildman–Crippen MR) is 85.1 cm³/mol. The Bertz CT molecular complexity index is 413. The van der Waals surface area contributed by atoms with E-state index >= 15 is 0 Å². The van der Waals surface area contributed by atoms with Gasteiger partial charge in [0.25, 0.3) is 0 Å². The molecular formula is C17H26ClNO. The fraction of sp³-hybridized carbons (Fsp3) is 0.647. The van der Waals surface area contributed by atoms with Crippen LogP contribution in [-0.2, 0) is 0 Å². The van der Waals surface area contributed by atoms with Gasteiger partial charge in [-0.05, 0) is 37.0 Å². The summed E-state index contributed by atoms with van der Waals surface area (Å²) in [5.41, 5.74) is 0.680. The van der Waals surface area contributed by atoms with Crippen molar-refractivity contribution in [3.8, 4) is 0 Å². The van der Waals surface area contributed by atoms with E-state index in [9.17, 15) is 5.11 Å². The Morgan fingerprint density at radius 3 is 2.55 bits per heavy atom. The van der Waals surface area contributed by atoms with Crippen molar-refractivity contribution in [1.29, 1.82) is 0 Å². The van der Waals surface area contributed by atoms with E-state index in [1.165, 1.54) is 18.4 Å². The molecular weight excluding hydrogens is 270 g/mol. The summed E-state index contributed by atoms with van der Waals surface area (Å²) in [6.45, 7) is 2.84. The molecule has 2 rings (SSSR count). The summed E-state index contributed by atoms with van der Waals surface area (Å²) in [6, 6.07) is 8.27. The number of nitrogens with one attached hydrogen (secondary N) is 1. The topological polar surface area (TPSA) is 32.3 Å². The van der Waals surface area contributed by atoms with Crippen molar-refractivity contribution >= 4 is 11.6 Å². The monoisotopic (exact) mass is 295 g/mol. The molecule has 1 atom stereocenters. The lowest BCUT2D eigenvalue weighted by molar-refractivity contribution is 0.0225. The summed E-state index contributed by atoms with van der Waals surface area (Å²) in [5.74, 6) is 0. The third kappa shape index (κ3) is 4.47. The van der Waals surface area contributed by atoms with Crippen LogP contribution in [-0.4, -0.2) is 17.3 Å². The molecule has 2 nitrogen and oxygen atoms in total. The minimum absolute atomic E-state index is 0.265. The van der Waals surface area contributed by atoms with Crippen LogP contribution in [0.5, 0.6) is 0 Å². The van der Waals surface area contributed by atoms with Gasteiger partial charge in [-0.1, -0.05) is 56.3 Å². The van der Waals surface area contributed by atoms with Crippen LogP contribution in [0.1, 0.15) is 63.5 Å². The minimum Gasteiger partial charge on any atom is -0.389 e. The zero-order valence-corrected chi connectivity index (χ0v) is 13.1. The van der Waals surface area contributed by atoms with E-state index in [1.807, 2.05) is 18.2 Å². The van der Waals surface area contributed by atoms with Crippen molar-refractivity contribution in [3.63, 3.8) is 0 Å². The van der Waals surface area contributed by atoms with E-state index < -0.39 is 5.60 Å². The lowest BCUT2D eigenvalue weighted by Crippen LogP contribution is -2.41. The molecule has 1 saturated carbocycles. The van der Waals surface area contributed by atoms with Crippen LogP contribution in [0.15, 0.2) is 24.3 Å². The number of rotatable bonds is 5. The fourth-order valence-corrected chi connectivity index (χ4v) is 3.30. The van der Waals surface area contributed by atoms with E-state index in [1.54, 1.807) is 0 Å². The van der Waals surface area contributed by atoms with Crippen LogP contribution < -0.4 is 5.32 Å². The molecule has 1 unspecified atom stereocenters. The Kier molecular flexibility index (Phi) is 5.88. The van der Waals surface area contributed by atoms with E-state index in [4.69, 9.17) is 11.6 Å². The molecule has 0 saturated heterocycles. The molecule has 2 N–H and O–H groups in total. The second-order valence-electron chi connectivity index (χ2n) is 6.04. The number of benzene rings is 1. The molecule has 1 aliphatic rings. The van der Waals surface area contributed by atoms with Crippen LogP contribution in [0.25, 0.3) is 0 Å². The highest BCUT2D eigenvalue weighted by molar-refractivity contribution is 6.30. The van der Waals surface area contributed by atoms with Crippen LogP contribution >= 0.6 is 11.6 Å². The van der Waals surface area contributed by atoms with Gasteiger partial charge in [-0.25, -0.2) is 0 Å². The highest BCUT2D eigenvalue weighted by Gasteiger charge is 2.28. The number of hydrogen-bond donors (Lipinski definition) is 2. The zero-order chi connectivity index (χ0) is 14.4. The second-order valence-corrected chi connectivity index (χ2v) is 6.47. The second kappa shape index (κ2) is 7.44. The third-order valence-electron chi connectivity index (χ3n) is 4.37. The minimum atomic E-state index is -0.525. The van der Waals surface area contributed by atoms with Gasteiger partial charge in [0.05, 0.1) is 5.60 Å². The number of aliphatic hydroxyl groups is 1. The van der Waals surface area contributed by atoms with Gasteiger partial charge >= 0.3 is 0 Å². The molecule has 0 spiro atoms. The average Bonchev–Trinajstić information content (AvgIpc) is 2.65. The average molecular weight is 296 g/mol. The molecule has 0 aliphatic heterocycles. The molecule has 3 heteroatoms.